The minimum atomic E-state index is -0.952. The number of rotatable bonds is 6. The highest BCUT2D eigenvalue weighted by atomic mass is 32.1. The molecular formula is C26H26N2O4S. The van der Waals surface area contributed by atoms with Crippen LogP contribution in [0.5, 0.6) is 0 Å². The van der Waals surface area contributed by atoms with E-state index in [0.717, 1.165) is 30.8 Å². The third-order valence-electron chi connectivity index (χ3n) is 6.55. The third kappa shape index (κ3) is 4.38. The zero-order valence-electron chi connectivity index (χ0n) is 18.2. The number of carboxylic acids is 1. The average molecular weight is 463 g/mol. The highest BCUT2D eigenvalue weighted by molar-refractivity contribution is 7.10. The minimum absolute atomic E-state index is 0.0107. The number of nitrogens with zero attached hydrogens (tertiary/aromatic N) is 1. The van der Waals surface area contributed by atoms with Gasteiger partial charge in [0.15, 0.2) is 0 Å². The van der Waals surface area contributed by atoms with Crippen LogP contribution in [0, 0.1) is 0 Å². The van der Waals surface area contributed by atoms with E-state index < -0.39 is 5.97 Å². The molecule has 1 amide bonds. The van der Waals surface area contributed by atoms with Crippen LogP contribution in [0.25, 0.3) is 11.1 Å². The number of benzene rings is 2. The number of piperidine rings is 1. The highest BCUT2D eigenvalue weighted by Crippen LogP contribution is 2.44. The third-order valence-corrected chi connectivity index (χ3v) is 7.47. The predicted octanol–water partition coefficient (Wildman–Crippen LogP) is 4.95. The molecule has 6 nitrogen and oxygen atoms in total. The van der Waals surface area contributed by atoms with Gasteiger partial charge in [-0.3, -0.25) is 0 Å². The lowest BCUT2D eigenvalue weighted by Crippen LogP contribution is -2.46. The molecule has 2 N–H and O–H groups in total. The maximum Gasteiger partial charge on any atom is 0.410 e. The molecule has 33 heavy (non-hydrogen) atoms. The molecule has 7 heteroatoms. The van der Waals surface area contributed by atoms with Gasteiger partial charge in [-0.25, -0.2) is 9.59 Å². The van der Waals surface area contributed by atoms with E-state index in [9.17, 15) is 14.7 Å². The van der Waals surface area contributed by atoms with Crippen molar-refractivity contribution in [1.82, 2.24) is 10.2 Å². The Labute approximate surface area is 196 Å². The number of aromatic carboxylic acids is 1. The fourth-order valence-electron chi connectivity index (χ4n) is 4.88. The molecule has 1 fully saturated rings. The molecule has 2 aromatic carbocycles. The molecule has 0 radical (unpaired) electrons. The topological polar surface area (TPSA) is 78.9 Å². The number of carbonyl (C=O) groups is 2. The Hall–Kier alpha value is -3.16. The number of nitrogens with one attached hydrogen (secondary N) is 1. The molecule has 0 atom stereocenters. The van der Waals surface area contributed by atoms with Crippen molar-refractivity contribution in [3.8, 4) is 11.1 Å². The quantitative estimate of drug-likeness (QED) is 0.542. The van der Waals surface area contributed by atoms with E-state index in [0.29, 0.717) is 6.54 Å². The molecule has 170 valence electrons. The second kappa shape index (κ2) is 9.37. The lowest BCUT2D eigenvalue weighted by Gasteiger charge is -2.34. The SMILES string of the molecule is O=C(O)c1csc(CN(C(=O)OCC2c3ccccc3-c3ccccc32)C2CCNCC2)c1. The number of ether oxygens (including phenoxy) is 1. The van der Waals surface area contributed by atoms with E-state index in [4.69, 9.17) is 4.74 Å². The second-order valence-electron chi connectivity index (χ2n) is 8.52. The lowest BCUT2D eigenvalue weighted by atomic mass is 9.98. The standard InChI is InChI=1S/C26H26N2O4S/c29-25(30)17-13-19(33-16-17)14-28(18-9-11-27-12-10-18)26(31)32-15-24-22-7-3-1-5-20(22)21-6-2-4-8-23(21)24/h1-8,13,16,18,24,27H,9-12,14-15H2,(H,29,30). The number of carbonyl (C=O) groups excluding carboxylic acids is 1. The van der Waals surface area contributed by atoms with Crippen molar-refractivity contribution in [1.29, 1.82) is 0 Å². The van der Waals surface area contributed by atoms with E-state index in [1.807, 2.05) is 24.3 Å². The van der Waals surface area contributed by atoms with Crippen LogP contribution in [-0.2, 0) is 11.3 Å². The van der Waals surface area contributed by atoms with Crippen LogP contribution < -0.4 is 5.32 Å². The van der Waals surface area contributed by atoms with Crippen molar-refractivity contribution < 1.29 is 19.4 Å². The van der Waals surface area contributed by atoms with Crippen LogP contribution >= 0.6 is 11.3 Å². The molecule has 5 rings (SSSR count). The molecule has 1 aliphatic carbocycles. The molecule has 0 spiro atoms. The van der Waals surface area contributed by atoms with Gasteiger partial charge in [-0.2, -0.15) is 0 Å². The van der Waals surface area contributed by atoms with Crippen molar-refractivity contribution in [2.45, 2.75) is 31.3 Å². The largest absolute Gasteiger partial charge is 0.478 e. The Balaban J connectivity index is 1.34. The van der Waals surface area contributed by atoms with Crippen LogP contribution in [0.2, 0.25) is 0 Å². The second-order valence-corrected chi connectivity index (χ2v) is 9.52. The summed E-state index contributed by atoms with van der Waals surface area (Å²) in [7, 11) is 0. The Bertz CT molecular complexity index is 1120. The first kappa shape index (κ1) is 21.7. The summed E-state index contributed by atoms with van der Waals surface area (Å²) in [6, 6.07) is 18.3. The van der Waals surface area contributed by atoms with Crippen LogP contribution in [-0.4, -0.2) is 47.8 Å². The first-order chi connectivity index (χ1) is 16.1. The van der Waals surface area contributed by atoms with Gasteiger partial charge in [-0.1, -0.05) is 48.5 Å². The monoisotopic (exact) mass is 462 g/mol. The fourth-order valence-corrected chi connectivity index (χ4v) is 5.74. The molecule has 2 aliphatic rings. The van der Waals surface area contributed by atoms with E-state index in [-0.39, 0.29) is 30.2 Å². The minimum Gasteiger partial charge on any atom is -0.478 e. The summed E-state index contributed by atoms with van der Waals surface area (Å²) in [6.07, 6.45) is 1.36. The Kier molecular flexibility index (Phi) is 6.15. The average Bonchev–Trinajstić information content (AvgIpc) is 3.45. The van der Waals surface area contributed by atoms with Crippen LogP contribution in [0.15, 0.2) is 60.0 Å². The van der Waals surface area contributed by atoms with Crippen molar-refractivity contribution in [3.63, 3.8) is 0 Å². The summed E-state index contributed by atoms with van der Waals surface area (Å²) in [4.78, 5) is 27.2. The van der Waals surface area contributed by atoms with E-state index in [2.05, 4.69) is 29.6 Å². The first-order valence-corrected chi connectivity index (χ1v) is 12.1. The number of hydrogen-bond acceptors (Lipinski definition) is 5. The summed E-state index contributed by atoms with van der Waals surface area (Å²) in [5.74, 6) is -0.941. The molecular weight excluding hydrogens is 436 g/mol. The number of thiophene rings is 1. The van der Waals surface area contributed by atoms with Gasteiger partial charge in [-0.15, -0.1) is 11.3 Å². The first-order valence-electron chi connectivity index (χ1n) is 11.2. The normalized spacial score (nSPS) is 15.6. The molecule has 2 heterocycles. The van der Waals surface area contributed by atoms with Crippen LogP contribution in [0.1, 0.15) is 45.1 Å². The smallest absolute Gasteiger partial charge is 0.410 e. The summed E-state index contributed by atoms with van der Waals surface area (Å²) >= 11 is 1.37. The van der Waals surface area contributed by atoms with Crippen molar-refractivity contribution >= 4 is 23.4 Å². The van der Waals surface area contributed by atoms with Crippen LogP contribution in [0.4, 0.5) is 4.79 Å². The van der Waals surface area contributed by atoms with Crippen molar-refractivity contribution in [2.24, 2.45) is 0 Å². The highest BCUT2D eigenvalue weighted by Gasteiger charge is 2.32. The van der Waals surface area contributed by atoms with Gasteiger partial charge in [0.25, 0.3) is 0 Å². The van der Waals surface area contributed by atoms with Crippen LogP contribution in [0.3, 0.4) is 0 Å². The maximum absolute atomic E-state index is 13.3. The molecule has 0 bridgehead atoms. The lowest BCUT2D eigenvalue weighted by molar-refractivity contribution is 0.0697. The molecule has 1 aliphatic heterocycles. The van der Waals surface area contributed by atoms with Gasteiger partial charge in [0, 0.05) is 22.2 Å². The van der Waals surface area contributed by atoms with Gasteiger partial charge in [-0.05, 0) is 54.3 Å². The number of fused-ring (bicyclic) bond motifs is 3. The zero-order chi connectivity index (χ0) is 22.8. The summed E-state index contributed by atoms with van der Waals surface area (Å²) in [5.41, 5.74) is 5.02. The van der Waals surface area contributed by atoms with Gasteiger partial charge < -0.3 is 20.1 Å². The summed E-state index contributed by atoms with van der Waals surface area (Å²) in [5, 5.41) is 14.2. The van der Waals surface area contributed by atoms with Crippen molar-refractivity contribution in [3.05, 3.63) is 81.5 Å². The zero-order valence-corrected chi connectivity index (χ0v) is 19.0. The van der Waals surface area contributed by atoms with Crippen molar-refractivity contribution in [2.75, 3.05) is 19.7 Å². The fraction of sp³-hybridized carbons (Fsp3) is 0.308. The van der Waals surface area contributed by atoms with E-state index in [1.54, 1.807) is 16.3 Å². The summed E-state index contributed by atoms with van der Waals surface area (Å²) < 4.78 is 5.94. The van der Waals surface area contributed by atoms with Gasteiger partial charge in [0.05, 0.1) is 12.1 Å². The summed E-state index contributed by atoms with van der Waals surface area (Å²) in [6.45, 7) is 2.34. The Morgan fingerprint density at radius 2 is 1.67 bits per heavy atom. The Morgan fingerprint density at radius 1 is 1.03 bits per heavy atom. The number of hydrogen-bond donors (Lipinski definition) is 2. The number of carboxylic acid groups (broad SMARTS) is 1. The van der Waals surface area contributed by atoms with Gasteiger partial charge in [0.1, 0.15) is 6.61 Å². The van der Waals surface area contributed by atoms with E-state index in [1.165, 1.54) is 33.6 Å². The van der Waals surface area contributed by atoms with Gasteiger partial charge >= 0.3 is 12.1 Å². The Morgan fingerprint density at radius 3 is 2.27 bits per heavy atom. The maximum atomic E-state index is 13.3. The van der Waals surface area contributed by atoms with Gasteiger partial charge in [0.2, 0.25) is 0 Å². The molecule has 1 aromatic heterocycles. The number of amides is 1. The van der Waals surface area contributed by atoms with E-state index >= 15 is 0 Å². The molecule has 0 saturated carbocycles. The predicted molar refractivity (Wildman–Crippen MR) is 128 cm³/mol. The molecule has 0 unspecified atom stereocenters. The molecule has 3 aromatic rings. The molecule has 1 saturated heterocycles.